The van der Waals surface area contributed by atoms with Gasteiger partial charge in [0.15, 0.2) is 0 Å². The van der Waals surface area contributed by atoms with Gasteiger partial charge in [0.1, 0.15) is 0 Å². The Bertz CT molecular complexity index is 848. The fourth-order valence-corrected chi connectivity index (χ4v) is 5.70. The monoisotopic (exact) mass is 364 g/mol. The van der Waals surface area contributed by atoms with Crippen LogP contribution in [0.5, 0.6) is 0 Å². The van der Waals surface area contributed by atoms with E-state index in [4.69, 9.17) is 0 Å². The first-order chi connectivity index (χ1) is 11.4. The molecule has 1 saturated heterocycles. The van der Waals surface area contributed by atoms with Crippen LogP contribution in [0.1, 0.15) is 33.0 Å². The van der Waals surface area contributed by atoms with E-state index in [9.17, 15) is 13.2 Å². The third-order valence-corrected chi connectivity index (χ3v) is 7.29. The normalized spacial score (nSPS) is 15.6. The van der Waals surface area contributed by atoms with Gasteiger partial charge in [-0.1, -0.05) is 17.7 Å². The molecule has 3 rings (SSSR count). The van der Waals surface area contributed by atoms with Crippen molar-refractivity contribution in [1.82, 2.24) is 4.31 Å². The van der Waals surface area contributed by atoms with Crippen molar-refractivity contribution < 1.29 is 13.2 Å². The summed E-state index contributed by atoms with van der Waals surface area (Å²) in [5.74, 6) is -0.283. The molecule has 1 amide bonds. The average Bonchev–Trinajstić information content (AvgIpc) is 3.19. The summed E-state index contributed by atoms with van der Waals surface area (Å²) in [6.45, 7) is 4.84. The summed E-state index contributed by atoms with van der Waals surface area (Å²) in [5.41, 5.74) is 1.81. The number of carbonyl (C=O) groups excluding carboxylic acids is 1. The maximum Gasteiger partial charge on any atom is 0.265 e. The molecule has 0 atom stereocenters. The van der Waals surface area contributed by atoms with E-state index in [1.165, 1.54) is 21.7 Å². The van der Waals surface area contributed by atoms with Gasteiger partial charge in [0.25, 0.3) is 5.91 Å². The molecule has 2 heterocycles. The van der Waals surface area contributed by atoms with Gasteiger partial charge in [0.05, 0.1) is 9.77 Å². The van der Waals surface area contributed by atoms with Crippen LogP contribution in [0.2, 0.25) is 0 Å². The molecule has 24 heavy (non-hydrogen) atoms. The molecule has 1 N–H and O–H groups in total. The second kappa shape index (κ2) is 6.66. The van der Waals surface area contributed by atoms with Crippen molar-refractivity contribution >= 4 is 33.0 Å². The van der Waals surface area contributed by atoms with Gasteiger partial charge in [0, 0.05) is 23.7 Å². The van der Waals surface area contributed by atoms with Crippen molar-refractivity contribution in [3.05, 3.63) is 45.6 Å². The number of nitrogens with zero attached hydrogens (tertiary/aromatic N) is 1. The zero-order valence-electron chi connectivity index (χ0n) is 13.7. The molecule has 128 valence electrons. The second-order valence-electron chi connectivity index (χ2n) is 5.96. The summed E-state index contributed by atoms with van der Waals surface area (Å²) in [6.07, 6.45) is 1.78. The molecule has 1 aromatic carbocycles. The fraction of sp³-hybridized carbons (Fsp3) is 0.353. The predicted molar refractivity (Wildman–Crippen MR) is 96.2 cm³/mol. The van der Waals surface area contributed by atoms with Gasteiger partial charge in [-0.3, -0.25) is 4.79 Å². The highest BCUT2D eigenvalue weighted by molar-refractivity contribution is 7.89. The largest absolute Gasteiger partial charge is 0.321 e. The summed E-state index contributed by atoms with van der Waals surface area (Å²) in [7, 11) is -3.50. The minimum absolute atomic E-state index is 0.253. The Morgan fingerprint density at radius 3 is 2.38 bits per heavy atom. The number of carbonyl (C=O) groups is 1. The average molecular weight is 364 g/mol. The van der Waals surface area contributed by atoms with Gasteiger partial charge in [-0.05, 0) is 44.9 Å². The fourth-order valence-electron chi connectivity index (χ4n) is 2.73. The number of amides is 1. The molecular weight excluding hydrogens is 344 g/mol. The molecule has 1 aromatic heterocycles. The first-order valence-electron chi connectivity index (χ1n) is 7.86. The van der Waals surface area contributed by atoms with Crippen molar-refractivity contribution in [3.8, 4) is 0 Å². The van der Waals surface area contributed by atoms with E-state index < -0.39 is 10.0 Å². The summed E-state index contributed by atoms with van der Waals surface area (Å²) in [4.78, 5) is 13.7. The lowest BCUT2D eigenvalue weighted by atomic mass is 10.2. The first kappa shape index (κ1) is 17.1. The zero-order chi connectivity index (χ0) is 17.3. The molecular formula is C17H20N2O3S2. The lowest BCUT2D eigenvalue weighted by molar-refractivity contribution is 0.103. The SMILES string of the molecule is Cc1ccc(NC(=O)c2cc(S(=O)(=O)N3CCCC3)c(C)s2)cc1. The van der Waals surface area contributed by atoms with E-state index in [0.717, 1.165) is 18.4 Å². The first-order valence-corrected chi connectivity index (χ1v) is 10.1. The van der Waals surface area contributed by atoms with E-state index in [1.807, 2.05) is 31.2 Å². The van der Waals surface area contributed by atoms with E-state index in [-0.39, 0.29) is 10.8 Å². The number of hydrogen-bond donors (Lipinski definition) is 1. The molecule has 1 aliphatic rings. The van der Waals surface area contributed by atoms with Gasteiger partial charge in [-0.15, -0.1) is 11.3 Å². The van der Waals surface area contributed by atoms with Crippen LogP contribution < -0.4 is 5.32 Å². The highest BCUT2D eigenvalue weighted by atomic mass is 32.2. The standard InChI is InChI=1S/C17H20N2O3S2/c1-12-5-7-14(8-6-12)18-17(20)15-11-16(13(2)23-15)24(21,22)19-9-3-4-10-19/h5-8,11H,3-4,9-10H2,1-2H3,(H,18,20). The zero-order valence-corrected chi connectivity index (χ0v) is 15.3. The summed E-state index contributed by atoms with van der Waals surface area (Å²) in [6, 6.07) is 8.99. The Hall–Kier alpha value is -1.70. The number of hydrogen-bond acceptors (Lipinski definition) is 4. The van der Waals surface area contributed by atoms with Crippen LogP contribution in [0.3, 0.4) is 0 Å². The molecule has 0 spiro atoms. The molecule has 0 unspecified atom stereocenters. The van der Waals surface area contributed by atoms with Crippen LogP contribution in [-0.2, 0) is 10.0 Å². The minimum Gasteiger partial charge on any atom is -0.321 e. The number of thiophene rings is 1. The Labute approximate surface area is 146 Å². The molecule has 0 bridgehead atoms. The van der Waals surface area contributed by atoms with Crippen molar-refractivity contribution in [2.75, 3.05) is 18.4 Å². The highest BCUT2D eigenvalue weighted by Gasteiger charge is 2.30. The molecule has 5 nitrogen and oxygen atoms in total. The van der Waals surface area contributed by atoms with Crippen molar-refractivity contribution in [2.24, 2.45) is 0 Å². The number of anilines is 1. The predicted octanol–water partition coefficient (Wildman–Crippen LogP) is 3.40. The topological polar surface area (TPSA) is 66.5 Å². The van der Waals surface area contributed by atoms with Gasteiger partial charge in [0.2, 0.25) is 10.0 Å². The molecule has 0 aliphatic carbocycles. The molecule has 1 aliphatic heterocycles. The summed E-state index contributed by atoms with van der Waals surface area (Å²) < 4.78 is 26.9. The van der Waals surface area contributed by atoms with Crippen LogP contribution in [0.15, 0.2) is 35.2 Å². The highest BCUT2D eigenvalue weighted by Crippen LogP contribution is 2.30. The van der Waals surface area contributed by atoms with Gasteiger partial charge in [-0.25, -0.2) is 8.42 Å². The van der Waals surface area contributed by atoms with Crippen LogP contribution >= 0.6 is 11.3 Å². The van der Waals surface area contributed by atoms with Crippen molar-refractivity contribution in [1.29, 1.82) is 0 Å². The number of sulfonamides is 1. The van der Waals surface area contributed by atoms with Gasteiger partial charge < -0.3 is 5.32 Å². The lowest BCUT2D eigenvalue weighted by Gasteiger charge is -2.14. The molecule has 0 radical (unpaired) electrons. The Morgan fingerprint density at radius 1 is 1.12 bits per heavy atom. The van der Waals surface area contributed by atoms with E-state index in [1.54, 1.807) is 6.92 Å². The van der Waals surface area contributed by atoms with Gasteiger partial charge in [-0.2, -0.15) is 4.31 Å². The third kappa shape index (κ3) is 3.38. The summed E-state index contributed by atoms with van der Waals surface area (Å²) >= 11 is 1.21. The quantitative estimate of drug-likeness (QED) is 0.904. The van der Waals surface area contributed by atoms with Crippen molar-refractivity contribution in [3.63, 3.8) is 0 Å². The summed E-state index contributed by atoms with van der Waals surface area (Å²) in [5, 5.41) is 2.81. The number of benzene rings is 1. The van der Waals surface area contributed by atoms with Crippen LogP contribution in [-0.4, -0.2) is 31.7 Å². The van der Waals surface area contributed by atoms with E-state index >= 15 is 0 Å². The van der Waals surface area contributed by atoms with E-state index in [0.29, 0.717) is 28.5 Å². The molecule has 1 fully saturated rings. The van der Waals surface area contributed by atoms with E-state index in [2.05, 4.69) is 5.32 Å². The van der Waals surface area contributed by atoms with Crippen LogP contribution in [0.25, 0.3) is 0 Å². The van der Waals surface area contributed by atoms with Crippen LogP contribution in [0.4, 0.5) is 5.69 Å². The van der Waals surface area contributed by atoms with Crippen molar-refractivity contribution in [2.45, 2.75) is 31.6 Å². The maximum absolute atomic E-state index is 12.7. The Morgan fingerprint density at radius 2 is 1.75 bits per heavy atom. The minimum atomic E-state index is -3.50. The Balaban J connectivity index is 1.83. The number of aryl methyl sites for hydroxylation is 2. The molecule has 0 saturated carbocycles. The third-order valence-electron chi connectivity index (χ3n) is 4.09. The number of rotatable bonds is 4. The van der Waals surface area contributed by atoms with Gasteiger partial charge >= 0.3 is 0 Å². The lowest BCUT2D eigenvalue weighted by Crippen LogP contribution is -2.28. The van der Waals surface area contributed by atoms with Crippen LogP contribution in [0, 0.1) is 13.8 Å². The second-order valence-corrected chi connectivity index (χ2v) is 9.13. The number of nitrogens with one attached hydrogen (secondary N) is 1. The smallest absolute Gasteiger partial charge is 0.265 e. The Kier molecular flexibility index (Phi) is 4.76. The molecule has 7 heteroatoms. The molecule has 2 aromatic rings. The maximum atomic E-state index is 12.7.